The Morgan fingerprint density at radius 1 is 1.20 bits per heavy atom. The number of aliphatic imine (C=N–C) groups is 1. The quantitative estimate of drug-likeness (QED) is 0.283. The molecule has 0 saturated carbocycles. The average molecular weight is 567 g/mol. The number of ether oxygens (including phenoxy) is 1. The highest BCUT2D eigenvalue weighted by molar-refractivity contribution is 14.1. The molecule has 0 bridgehead atoms. The minimum absolute atomic E-state index is 0. The molecule has 5 nitrogen and oxygen atoms in total. The molecule has 0 aliphatic rings. The minimum Gasteiger partial charge on any atom is -0.491 e. The lowest BCUT2D eigenvalue weighted by Gasteiger charge is -2.12. The topological polar surface area (TPSA) is 79.9 Å². The number of halogens is 2. The molecule has 0 saturated heterocycles. The highest BCUT2D eigenvalue weighted by Crippen LogP contribution is 2.14. The Hall–Kier alpha value is -1.07. The van der Waals surface area contributed by atoms with Crippen molar-refractivity contribution in [3.63, 3.8) is 0 Å². The summed E-state index contributed by atoms with van der Waals surface area (Å²) in [5, 5.41) is 13.0. The van der Waals surface area contributed by atoms with Crippen LogP contribution in [-0.2, 0) is 0 Å². The second-order valence-corrected chi connectivity index (χ2v) is 6.81. The maximum absolute atomic E-state index is 9.94. The number of rotatable bonds is 6. The van der Waals surface area contributed by atoms with Gasteiger partial charge in [0.1, 0.15) is 18.5 Å². The molecule has 0 aromatic heterocycles. The van der Waals surface area contributed by atoms with Gasteiger partial charge >= 0.3 is 0 Å². The maximum Gasteiger partial charge on any atom is 0.193 e. The van der Waals surface area contributed by atoms with Crippen molar-refractivity contribution in [1.82, 2.24) is 0 Å². The van der Waals surface area contributed by atoms with Crippen molar-refractivity contribution >= 4 is 58.2 Å². The van der Waals surface area contributed by atoms with Crippen molar-refractivity contribution in [2.45, 2.75) is 20.0 Å². The second-order valence-electron chi connectivity index (χ2n) is 5.57. The van der Waals surface area contributed by atoms with E-state index in [0.717, 1.165) is 15.0 Å². The summed E-state index contributed by atoms with van der Waals surface area (Å²) >= 11 is 2.23. The van der Waals surface area contributed by atoms with E-state index < -0.39 is 6.10 Å². The molecule has 1 unspecified atom stereocenters. The number of anilines is 1. The minimum atomic E-state index is -0.718. The van der Waals surface area contributed by atoms with Gasteiger partial charge in [-0.05, 0) is 84.0 Å². The van der Waals surface area contributed by atoms with Crippen molar-refractivity contribution in [3.8, 4) is 5.75 Å². The summed E-state index contributed by atoms with van der Waals surface area (Å²) in [5.41, 5.74) is 9.13. The zero-order chi connectivity index (χ0) is 17.5. The molecule has 0 aliphatic carbocycles. The molecule has 2 aromatic carbocycles. The molecule has 2 rings (SSSR count). The first-order valence-corrected chi connectivity index (χ1v) is 8.72. The van der Waals surface area contributed by atoms with Crippen molar-refractivity contribution in [2.24, 2.45) is 10.7 Å². The number of nitrogens with two attached hydrogens (primary N) is 1. The average Bonchev–Trinajstić information content (AvgIpc) is 2.56. The molecule has 0 aliphatic heterocycles. The first-order valence-electron chi connectivity index (χ1n) is 7.64. The summed E-state index contributed by atoms with van der Waals surface area (Å²) in [5.74, 6) is 0.992. The van der Waals surface area contributed by atoms with E-state index in [1.54, 1.807) is 0 Å². The standard InChI is InChI=1S/C18H22IN3O2.HI/c1-12-3-6-15(9-13(12)2)22-18(20)21-10-16(23)11-24-17-7-4-14(19)5-8-17;/h3-9,16,23H,10-11H2,1-2H3,(H3,20,21,22);1H. The first-order chi connectivity index (χ1) is 11.4. The Balaban J connectivity index is 0.00000312. The van der Waals surface area contributed by atoms with E-state index in [1.165, 1.54) is 11.1 Å². The fourth-order valence-electron chi connectivity index (χ4n) is 1.99. The number of nitrogens with one attached hydrogen (secondary N) is 1. The number of hydrogen-bond acceptors (Lipinski definition) is 3. The van der Waals surface area contributed by atoms with E-state index in [4.69, 9.17) is 10.5 Å². The van der Waals surface area contributed by atoms with Crippen molar-refractivity contribution in [1.29, 1.82) is 0 Å². The summed E-state index contributed by atoms with van der Waals surface area (Å²) in [4.78, 5) is 4.15. The summed E-state index contributed by atoms with van der Waals surface area (Å²) in [6.45, 7) is 4.44. The van der Waals surface area contributed by atoms with Crippen molar-refractivity contribution in [3.05, 3.63) is 57.2 Å². The van der Waals surface area contributed by atoms with Gasteiger partial charge in [-0.3, -0.25) is 4.99 Å². The molecule has 0 spiro atoms. The molecule has 0 fully saturated rings. The Labute approximate surface area is 179 Å². The van der Waals surface area contributed by atoms with Gasteiger partial charge in [-0.15, -0.1) is 24.0 Å². The SMILES string of the molecule is Cc1ccc(NC(N)=NCC(O)COc2ccc(I)cc2)cc1C.I. The van der Waals surface area contributed by atoms with Crippen LogP contribution in [0.5, 0.6) is 5.75 Å². The summed E-state index contributed by atoms with van der Waals surface area (Å²) in [6, 6.07) is 13.6. The molecule has 0 heterocycles. The zero-order valence-electron chi connectivity index (χ0n) is 14.2. The Bertz CT molecular complexity index is 706. The molecule has 7 heteroatoms. The summed E-state index contributed by atoms with van der Waals surface area (Å²) < 4.78 is 6.65. The highest BCUT2D eigenvalue weighted by atomic mass is 127. The molecule has 2 aromatic rings. The van der Waals surface area contributed by atoms with Crippen molar-refractivity contribution in [2.75, 3.05) is 18.5 Å². The van der Waals surface area contributed by atoms with E-state index in [0.29, 0.717) is 0 Å². The zero-order valence-corrected chi connectivity index (χ0v) is 18.7. The molecule has 0 amide bonds. The van der Waals surface area contributed by atoms with Crippen LogP contribution in [0.25, 0.3) is 0 Å². The van der Waals surface area contributed by atoms with Gasteiger partial charge in [-0.25, -0.2) is 0 Å². The van der Waals surface area contributed by atoms with Gasteiger partial charge in [0.2, 0.25) is 0 Å². The van der Waals surface area contributed by atoms with E-state index in [2.05, 4.69) is 39.8 Å². The number of aliphatic hydroxyl groups is 1. The van der Waals surface area contributed by atoms with Crippen LogP contribution in [0.4, 0.5) is 5.69 Å². The van der Waals surface area contributed by atoms with Gasteiger partial charge < -0.3 is 20.9 Å². The molecular formula is C18H23I2N3O2. The van der Waals surface area contributed by atoms with Gasteiger partial charge in [0.05, 0.1) is 6.54 Å². The van der Waals surface area contributed by atoms with Gasteiger partial charge in [0, 0.05) is 9.26 Å². The van der Waals surface area contributed by atoms with E-state index in [1.807, 2.05) is 49.4 Å². The smallest absolute Gasteiger partial charge is 0.193 e. The fourth-order valence-corrected chi connectivity index (χ4v) is 2.35. The first kappa shape index (κ1) is 22.0. The van der Waals surface area contributed by atoms with Crippen LogP contribution in [0.3, 0.4) is 0 Å². The van der Waals surface area contributed by atoms with Gasteiger partial charge in [0.15, 0.2) is 5.96 Å². The lowest BCUT2D eigenvalue weighted by atomic mass is 10.1. The number of aliphatic hydroxyl groups excluding tert-OH is 1. The molecule has 0 radical (unpaired) electrons. The fraction of sp³-hybridized carbons (Fsp3) is 0.278. The van der Waals surface area contributed by atoms with Crippen LogP contribution in [-0.4, -0.2) is 30.3 Å². The predicted octanol–water partition coefficient (Wildman–Crippen LogP) is 3.69. The maximum atomic E-state index is 9.94. The Morgan fingerprint density at radius 3 is 2.52 bits per heavy atom. The highest BCUT2D eigenvalue weighted by Gasteiger charge is 2.05. The molecule has 1 atom stereocenters. The third-order valence-corrected chi connectivity index (χ3v) is 4.23. The van der Waals surface area contributed by atoms with E-state index in [9.17, 15) is 5.11 Å². The number of guanidine groups is 1. The number of benzene rings is 2. The van der Waals surface area contributed by atoms with Gasteiger partial charge in [0.25, 0.3) is 0 Å². The molecular weight excluding hydrogens is 544 g/mol. The number of hydrogen-bond donors (Lipinski definition) is 3. The van der Waals surface area contributed by atoms with Crippen LogP contribution in [0.15, 0.2) is 47.5 Å². The van der Waals surface area contributed by atoms with Crippen LogP contribution < -0.4 is 15.8 Å². The molecule has 136 valence electrons. The van der Waals surface area contributed by atoms with E-state index in [-0.39, 0.29) is 43.1 Å². The van der Waals surface area contributed by atoms with E-state index >= 15 is 0 Å². The molecule has 4 N–H and O–H groups in total. The third-order valence-electron chi connectivity index (χ3n) is 3.51. The third kappa shape index (κ3) is 7.78. The second kappa shape index (κ2) is 10.8. The largest absolute Gasteiger partial charge is 0.491 e. The monoisotopic (exact) mass is 567 g/mol. The predicted molar refractivity (Wildman–Crippen MR) is 122 cm³/mol. The normalized spacial score (nSPS) is 12.2. The van der Waals surface area contributed by atoms with Gasteiger partial charge in [-0.1, -0.05) is 6.07 Å². The Kier molecular flexibility index (Phi) is 9.51. The van der Waals surface area contributed by atoms with Crippen molar-refractivity contribution < 1.29 is 9.84 Å². The summed E-state index contributed by atoms with van der Waals surface area (Å²) in [6.07, 6.45) is -0.718. The number of nitrogens with zero attached hydrogens (tertiary/aromatic N) is 1. The lowest BCUT2D eigenvalue weighted by Crippen LogP contribution is -2.27. The lowest BCUT2D eigenvalue weighted by molar-refractivity contribution is 0.114. The van der Waals surface area contributed by atoms with Crippen LogP contribution in [0.1, 0.15) is 11.1 Å². The van der Waals surface area contributed by atoms with Crippen LogP contribution in [0.2, 0.25) is 0 Å². The Morgan fingerprint density at radius 2 is 1.88 bits per heavy atom. The van der Waals surface area contributed by atoms with Crippen LogP contribution >= 0.6 is 46.6 Å². The van der Waals surface area contributed by atoms with Gasteiger partial charge in [-0.2, -0.15) is 0 Å². The summed E-state index contributed by atoms with van der Waals surface area (Å²) in [7, 11) is 0. The molecule has 25 heavy (non-hydrogen) atoms. The number of aryl methyl sites for hydroxylation is 2. The van der Waals surface area contributed by atoms with Crippen LogP contribution in [0, 0.1) is 17.4 Å².